The number of carbonyl (C=O) groups excluding carboxylic acids is 3. The molecule has 3 N–H and O–H groups in total. The molecule has 2 amide bonds. The third-order valence-electron chi connectivity index (χ3n) is 6.21. The summed E-state index contributed by atoms with van der Waals surface area (Å²) in [6, 6.07) is 18.5. The molecule has 0 saturated heterocycles. The summed E-state index contributed by atoms with van der Waals surface area (Å²) < 4.78 is 5.69. The van der Waals surface area contributed by atoms with Gasteiger partial charge in [-0.15, -0.1) is 0 Å². The highest BCUT2D eigenvalue weighted by Crippen LogP contribution is 2.20. The highest BCUT2D eigenvalue weighted by atomic mass is 16.5. The molecular weight excluding hydrogens is 456 g/mol. The van der Waals surface area contributed by atoms with Crippen LogP contribution < -0.4 is 10.6 Å². The van der Waals surface area contributed by atoms with Gasteiger partial charge >= 0.3 is 5.97 Å². The van der Waals surface area contributed by atoms with Gasteiger partial charge in [-0.1, -0.05) is 72.8 Å². The molecule has 3 rings (SSSR count). The van der Waals surface area contributed by atoms with Gasteiger partial charge in [-0.25, -0.2) is 0 Å². The maximum Gasteiger partial charge on any atom is 0.306 e. The first kappa shape index (κ1) is 27.1. The molecule has 0 aliphatic carbocycles. The van der Waals surface area contributed by atoms with E-state index < -0.39 is 18.1 Å². The maximum atomic E-state index is 13.1. The smallest absolute Gasteiger partial charge is 0.306 e. The van der Waals surface area contributed by atoms with Gasteiger partial charge in [0, 0.05) is 12.8 Å². The van der Waals surface area contributed by atoms with Crippen molar-refractivity contribution in [2.45, 2.75) is 57.1 Å². The Hall–Kier alpha value is -3.45. The lowest BCUT2D eigenvalue weighted by Gasteiger charge is -2.22. The van der Waals surface area contributed by atoms with Crippen LogP contribution in [0.4, 0.5) is 0 Å². The van der Waals surface area contributed by atoms with E-state index in [2.05, 4.69) is 10.6 Å². The van der Waals surface area contributed by atoms with E-state index in [0.717, 1.165) is 30.4 Å². The summed E-state index contributed by atoms with van der Waals surface area (Å²) in [4.78, 5) is 38.3. The monoisotopic (exact) mass is 492 g/mol. The van der Waals surface area contributed by atoms with E-state index in [4.69, 9.17) is 4.74 Å². The molecule has 2 aromatic rings. The van der Waals surface area contributed by atoms with Gasteiger partial charge < -0.3 is 20.5 Å². The van der Waals surface area contributed by atoms with Crippen LogP contribution in [0.5, 0.6) is 0 Å². The standard InChI is InChI=1S/C29H36N2O5/c32-21-25(18-22-12-6-4-7-13-22)31-27(33)19-24-16-8-2-1-3-11-17-28(34)36-26(20-30-29(24)35)23-14-9-5-10-15-23/h2,4-10,12-15,24-26,32H,1,3,11,16-21H2,(H,30,35)(H,31,33)/t24-,25-,26+/m1/s1. The molecule has 192 valence electrons. The van der Waals surface area contributed by atoms with Crippen molar-refractivity contribution in [1.29, 1.82) is 0 Å². The fourth-order valence-electron chi connectivity index (χ4n) is 4.21. The lowest BCUT2D eigenvalue weighted by atomic mass is 9.98. The topological polar surface area (TPSA) is 105 Å². The molecule has 0 aromatic heterocycles. The first-order valence-electron chi connectivity index (χ1n) is 12.7. The van der Waals surface area contributed by atoms with Gasteiger partial charge in [-0.05, 0) is 43.2 Å². The van der Waals surface area contributed by atoms with Crippen LogP contribution in [0.3, 0.4) is 0 Å². The molecule has 0 saturated carbocycles. The van der Waals surface area contributed by atoms with E-state index in [1.165, 1.54) is 0 Å². The number of aliphatic hydroxyl groups is 1. The van der Waals surface area contributed by atoms with Crippen LogP contribution in [0.2, 0.25) is 0 Å². The maximum absolute atomic E-state index is 13.1. The molecule has 2 aromatic carbocycles. The largest absolute Gasteiger partial charge is 0.456 e. The van der Waals surface area contributed by atoms with E-state index in [1.54, 1.807) is 0 Å². The second kappa shape index (κ2) is 14.8. The van der Waals surface area contributed by atoms with Crippen molar-refractivity contribution in [3.8, 4) is 0 Å². The lowest BCUT2D eigenvalue weighted by molar-refractivity contribution is -0.150. The van der Waals surface area contributed by atoms with E-state index >= 15 is 0 Å². The summed E-state index contributed by atoms with van der Waals surface area (Å²) in [5.74, 6) is -1.42. The molecule has 7 heteroatoms. The quantitative estimate of drug-likeness (QED) is 0.404. The molecule has 0 bridgehead atoms. The predicted octanol–water partition coefficient (Wildman–Crippen LogP) is 3.63. The number of esters is 1. The molecule has 0 radical (unpaired) electrons. The number of cyclic esters (lactones) is 1. The molecule has 7 nitrogen and oxygen atoms in total. The molecule has 0 unspecified atom stereocenters. The van der Waals surface area contributed by atoms with E-state index in [1.807, 2.05) is 72.8 Å². The van der Waals surface area contributed by atoms with Gasteiger partial charge in [0.1, 0.15) is 6.10 Å². The van der Waals surface area contributed by atoms with Crippen LogP contribution in [0.25, 0.3) is 0 Å². The van der Waals surface area contributed by atoms with E-state index in [9.17, 15) is 19.5 Å². The average molecular weight is 493 g/mol. The van der Waals surface area contributed by atoms with Crippen molar-refractivity contribution in [3.63, 3.8) is 0 Å². The van der Waals surface area contributed by atoms with Crippen LogP contribution >= 0.6 is 0 Å². The Bertz CT molecular complexity index is 993. The summed E-state index contributed by atoms with van der Waals surface area (Å²) in [6.45, 7) is -0.0643. The highest BCUT2D eigenvalue weighted by Gasteiger charge is 2.25. The van der Waals surface area contributed by atoms with Crippen LogP contribution in [0, 0.1) is 5.92 Å². The van der Waals surface area contributed by atoms with Crippen LogP contribution in [-0.2, 0) is 25.5 Å². The van der Waals surface area contributed by atoms with Gasteiger partial charge in [0.15, 0.2) is 0 Å². The average Bonchev–Trinajstić information content (AvgIpc) is 2.89. The van der Waals surface area contributed by atoms with Gasteiger partial charge in [0.2, 0.25) is 11.8 Å². The Labute approximate surface area is 212 Å². The van der Waals surface area contributed by atoms with Crippen molar-refractivity contribution in [3.05, 3.63) is 83.9 Å². The number of aliphatic hydroxyl groups excluding tert-OH is 1. The Morgan fingerprint density at radius 2 is 1.75 bits per heavy atom. The number of benzene rings is 2. The SMILES string of the molecule is O=C(C[C@H]1CC=CCCCCC(=O)O[C@H](c2ccccc2)CNC1=O)N[C@@H](CO)Cc1ccccc1. The zero-order valence-corrected chi connectivity index (χ0v) is 20.6. The molecule has 1 aliphatic heterocycles. The molecule has 1 aliphatic rings. The molecule has 0 spiro atoms. The number of nitrogens with one attached hydrogen (secondary N) is 2. The number of allylic oxidation sites excluding steroid dienone is 2. The van der Waals surface area contributed by atoms with Crippen molar-refractivity contribution in [2.75, 3.05) is 13.2 Å². The molecule has 1 heterocycles. The summed E-state index contributed by atoms with van der Waals surface area (Å²) in [6.07, 6.45) is 6.96. The molecule has 3 atom stereocenters. The third-order valence-corrected chi connectivity index (χ3v) is 6.21. The minimum Gasteiger partial charge on any atom is -0.456 e. The molecule has 0 fully saturated rings. The Morgan fingerprint density at radius 1 is 1.03 bits per heavy atom. The van der Waals surface area contributed by atoms with Crippen molar-refractivity contribution in [1.82, 2.24) is 10.6 Å². The third kappa shape index (κ3) is 9.30. The fraction of sp³-hybridized carbons (Fsp3) is 0.414. The van der Waals surface area contributed by atoms with Gasteiger partial charge in [-0.3, -0.25) is 14.4 Å². The molecular formula is C29H36N2O5. The minimum absolute atomic E-state index is 0.00272. The Balaban J connectivity index is 1.66. The first-order valence-corrected chi connectivity index (χ1v) is 12.7. The lowest BCUT2D eigenvalue weighted by Crippen LogP contribution is -2.42. The van der Waals surface area contributed by atoms with Crippen molar-refractivity contribution < 1.29 is 24.2 Å². The summed E-state index contributed by atoms with van der Waals surface area (Å²) >= 11 is 0. The number of hydrogen-bond donors (Lipinski definition) is 3. The number of hydrogen-bond acceptors (Lipinski definition) is 5. The summed E-state index contributed by atoms with van der Waals surface area (Å²) in [5, 5.41) is 15.5. The van der Waals surface area contributed by atoms with Gasteiger partial charge in [0.25, 0.3) is 0 Å². The minimum atomic E-state index is -0.597. The second-order valence-electron chi connectivity index (χ2n) is 9.13. The highest BCUT2D eigenvalue weighted by molar-refractivity contribution is 5.86. The summed E-state index contributed by atoms with van der Waals surface area (Å²) in [7, 11) is 0. The second-order valence-corrected chi connectivity index (χ2v) is 9.13. The Morgan fingerprint density at radius 3 is 2.47 bits per heavy atom. The predicted molar refractivity (Wildman–Crippen MR) is 138 cm³/mol. The van der Waals surface area contributed by atoms with E-state index in [0.29, 0.717) is 19.3 Å². The first-order chi connectivity index (χ1) is 17.5. The zero-order chi connectivity index (χ0) is 25.6. The number of ether oxygens (including phenoxy) is 1. The van der Waals surface area contributed by atoms with Crippen LogP contribution in [0.15, 0.2) is 72.8 Å². The van der Waals surface area contributed by atoms with Crippen molar-refractivity contribution >= 4 is 17.8 Å². The molecule has 36 heavy (non-hydrogen) atoms. The van der Waals surface area contributed by atoms with E-state index in [-0.39, 0.29) is 37.4 Å². The Kier molecular flexibility index (Phi) is 11.2. The number of rotatable bonds is 7. The van der Waals surface area contributed by atoms with Gasteiger partial charge in [-0.2, -0.15) is 0 Å². The zero-order valence-electron chi connectivity index (χ0n) is 20.6. The fourth-order valence-corrected chi connectivity index (χ4v) is 4.21. The number of carbonyl (C=O) groups is 3. The van der Waals surface area contributed by atoms with Crippen LogP contribution in [-0.4, -0.2) is 42.1 Å². The summed E-state index contributed by atoms with van der Waals surface area (Å²) in [5.41, 5.74) is 1.82. The van der Waals surface area contributed by atoms with Crippen LogP contribution in [0.1, 0.15) is 55.8 Å². The number of amides is 2. The normalized spacial score (nSPS) is 20.5. The van der Waals surface area contributed by atoms with Crippen molar-refractivity contribution in [2.24, 2.45) is 5.92 Å². The van der Waals surface area contributed by atoms with Gasteiger partial charge in [0.05, 0.1) is 25.1 Å².